The van der Waals surface area contributed by atoms with E-state index >= 15 is 0 Å². The molecular formula is C12H15NO6. The van der Waals surface area contributed by atoms with Crippen molar-refractivity contribution in [3.63, 3.8) is 0 Å². The van der Waals surface area contributed by atoms with Crippen LogP contribution in [-0.2, 0) is 9.47 Å². The second-order valence-corrected chi connectivity index (χ2v) is 3.44. The Morgan fingerprint density at radius 3 is 1.53 bits per heavy atom. The predicted molar refractivity (Wildman–Crippen MR) is 66.6 cm³/mol. The zero-order valence-electron chi connectivity index (χ0n) is 11.1. The first kappa shape index (κ1) is 14.6. The molecule has 0 saturated heterocycles. The maximum atomic E-state index is 11.7. The lowest BCUT2D eigenvalue weighted by atomic mass is 10.1. The van der Waals surface area contributed by atoms with Crippen molar-refractivity contribution in [1.29, 1.82) is 0 Å². The summed E-state index contributed by atoms with van der Waals surface area (Å²) in [7, 11) is 5.10. The molecule has 1 aromatic rings. The monoisotopic (exact) mass is 269 g/mol. The van der Waals surface area contributed by atoms with Crippen LogP contribution in [0, 0.1) is 0 Å². The molecule has 0 saturated carbocycles. The van der Waals surface area contributed by atoms with Gasteiger partial charge in [-0.1, -0.05) is 0 Å². The van der Waals surface area contributed by atoms with Crippen LogP contribution in [-0.4, -0.2) is 40.4 Å². The third kappa shape index (κ3) is 2.54. The molecule has 0 amide bonds. The summed E-state index contributed by atoms with van der Waals surface area (Å²) in [6.07, 6.45) is 0. The molecule has 7 heteroatoms. The summed E-state index contributed by atoms with van der Waals surface area (Å²) in [6, 6.07) is 1.26. The molecule has 104 valence electrons. The molecule has 0 bridgehead atoms. The van der Waals surface area contributed by atoms with E-state index in [4.69, 9.17) is 15.2 Å². The van der Waals surface area contributed by atoms with E-state index in [2.05, 4.69) is 9.47 Å². The standard InChI is InChI=1S/C12H15NO6/c1-16-9-6(11(14)18-3)5-7(12(15)19-4)10(17-2)8(9)13/h5H,13H2,1-4H3. The molecule has 0 radical (unpaired) electrons. The summed E-state index contributed by atoms with van der Waals surface area (Å²) >= 11 is 0. The molecular weight excluding hydrogens is 254 g/mol. The van der Waals surface area contributed by atoms with Crippen LogP contribution in [0.25, 0.3) is 0 Å². The number of methoxy groups -OCH3 is 4. The van der Waals surface area contributed by atoms with Crippen LogP contribution in [0.2, 0.25) is 0 Å². The smallest absolute Gasteiger partial charge is 0.341 e. The van der Waals surface area contributed by atoms with Gasteiger partial charge in [0.2, 0.25) is 0 Å². The average Bonchev–Trinajstić information content (AvgIpc) is 2.44. The highest BCUT2D eigenvalue weighted by Gasteiger charge is 2.25. The Balaban J connectivity index is 3.61. The number of hydrogen-bond donors (Lipinski definition) is 1. The fraction of sp³-hybridized carbons (Fsp3) is 0.333. The Morgan fingerprint density at radius 2 is 1.26 bits per heavy atom. The SMILES string of the molecule is COC(=O)c1cc(C(=O)OC)c(OC)c(N)c1OC. The third-order valence-corrected chi connectivity index (χ3v) is 2.49. The van der Waals surface area contributed by atoms with Gasteiger partial charge >= 0.3 is 11.9 Å². The quantitative estimate of drug-likeness (QED) is 0.639. The fourth-order valence-electron chi connectivity index (χ4n) is 1.63. The van der Waals surface area contributed by atoms with E-state index in [1.807, 2.05) is 0 Å². The number of rotatable bonds is 4. The minimum Gasteiger partial charge on any atom is -0.494 e. The van der Waals surface area contributed by atoms with E-state index in [0.717, 1.165) is 0 Å². The van der Waals surface area contributed by atoms with E-state index in [0.29, 0.717) is 0 Å². The average molecular weight is 269 g/mol. The summed E-state index contributed by atoms with van der Waals surface area (Å²) in [5, 5.41) is 0. The Kier molecular flexibility index (Phi) is 4.57. The van der Waals surface area contributed by atoms with Crippen LogP contribution < -0.4 is 15.2 Å². The summed E-state index contributed by atoms with van der Waals surface area (Å²) in [6.45, 7) is 0. The lowest BCUT2D eigenvalue weighted by Crippen LogP contribution is -2.12. The molecule has 0 unspecified atom stereocenters. The van der Waals surface area contributed by atoms with Crippen LogP contribution in [0.4, 0.5) is 5.69 Å². The van der Waals surface area contributed by atoms with Crippen molar-refractivity contribution in [2.24, 2.45) is 0 Å². The van der Waals surface area contributed by atoms with E-state index in [9.17, 15) is 9.59 Å². The van der Waals surface area contributed by atoms with Gasteiger partial charge < -0.3 is 24.7 Å². The van der Waals surface area contributed by atoms with Crippen LogP contribution in [0.5, 0.6) is 11.5 Å². The fourth-order valence-corrected chi connectivity index (χ4v) is 1.63. The molecule has 0 aliphatic heterocycles. The second-order valence-electron chi connectivity index (χ2n) is 3.44. The highest BCUT2D eigenvalue weighted by atomic mass is 16.5. The summed E-state index contributed by atoms with van der Waals surface area (Å²) in [5.74, 6) is -1.21. The van der Waals surface area contributed by atoms with E-state index in [1.54, 1.807) is 0 Å². The minimum atomic E-state index is -0.684. The molecule has 0 heterocycles. The van der Waals surface area contributed by atoms with Crippen molar-refractivity contribution in [1.82, 2.24) is 0 Å². The van der Waals surface area contributed by atoms with Gasteiger partial charge in [-0.2, -0.15) is 0 Å². The molecule has 2 N–H and O–H groups in total. The molecule has 1 aromatic carbocycles. The molecule has 0 atom stereocenters. The zero-order chi connectivity index (χ0) is 14.6. The normalized spacial score (nSPS) is 9.68. The van der Waals surface area contributed by atoms with Gasteiger partial charge in [-0.3, -0.25) is 0 Å². The number of carbonyl (C=O) groups excluding carboxylic acids is 2. The number of nitrogen functional groups attached to an aromatic ring is 1. The number of ether oxygens (including phenoxy) is 4. The molecule has 7 nitrogen and oxygen atoms in total. The van der Waals surface area contributed by atoms with Crippen molar-refractivity contribution in [3.8, 4) is 11.5 Å². The predicted octanol–water partition coefficient (Wildman–Crippen LogP) is 0.859. The molecule has 0 aromatic heterocycles. The van der Waals surface area contributed by atoms with Gasteiger partial charge in [0.15, 0.2) is 11.5 Å². The summed E-state index contributed by atoms with van der Waals surface area (Å²) in [4.78, 5) is 23.3. The maximum Gasteiger partial charge on any atom is 0.341 e. The molecule has 0 aliphatic carbocycles. The van der Waals surface area contributed by atoms with Gasteiger partial charge in [-0.25, -0.2) is 9.59 Å². The first-order valence-electron chi connectivity index (χ1n) is 5.22. The second kappa shape index (κ2) is 5.94. The van der Waals surface area contributed by atoms with Gasteiger partial charge in [-0.05, 0) is 6.07 Å². The first-order valence-corrected chi connectivity index (χ1v) is 5.22. The van der Waals surface area contributed by atoms with Gasteiger partial charge in [0.25, 0.3) is 0 Å². The number of benzene rings is 1. The number of esters is 2. The highest BCUT2D eigenvalue weighted by Crippen LogP contribution is 2.38. The van der Waals surface area contributed by atoms with Gasteiger partial charge in [0.05, 0.1) is 28.4 Å². The van der Waals surface area contributed by atoms with Gasteiger partial charge in [0.1, 0.15) is 16.8 Å². The molecule has 0 aliphatic rings. The molecule has 0 spiro atoms. The Morgan fingerprint density at radius 1 is 0.895 bits per heavy atom. The first-order chi connectivity index (χ1) is 9.01. The van der Waals surface area contributed by atoms with Crippen LogP contribution in [0.15, 0.2) is 6.07 Å². The van der Waals surface area contributed by atoms with Crippen molar-refractivity contribution in [3.05, 3.63) is 17.2 Å². The lowest BCUT2D eigenvalue weighted by molar-refractivity contribution is 0.0595. The minimum absolute atomic E-state index is 0.0173. The van der Waals surface area contributed by atoms with Crippen molar-refractivity contribution >= 4 is 17.6 Å². The zero-order valence-corrected chi connectivity index (χ0v) is 11.1. The maximum absolute atomic E-state index is 11.7. The Labute approximate surface area is 110 Å². The highest BCUT2D eigenvalue weighted by molar-refractivity contribution is 6.02. The van der Waals surface area contributed by atoms with Crippen molar-refractivity contribution in [2.45, 2.75) is 0 Å². The topological polar surface area (TPSA) is 97.1 Å². The Bertz CT molecular complexity index is 469. The van der Waals surface area contributed by atoms with E-state index in [1.165, 1.54) is 34.5 Å². The van der Waals surface area contributed by atoms with E-state index < -0.39 is 11.9 Å². The number of nitrogens with two attached hydrogens (primary N) is 1. The summed E-state index contributed by atoms with van der Waals surface area (Å²) < 4.78 is 19.3. The van der Waals surface area contributed by atoms with Crippen LogP contribution in [0.3, 0.4) is 0 Å². The largest absolute Gasteiger partial charge is 0.494 e. The Hall–Kier alpha value is -2.44. The van der Waals surface area contributed by atoms with E-state index in [-0.39, 0.29) is 28.3 Å². The third-order valence-electron chi connectivity index (χ3n) is 2.49. The lowest BCUT2D eigenvalue weighted by Gasteiger charge is -2.15. The molecule has 1 rings (SSSR count). The van der Waals surface area contributed by atoms with Crippen LogP contribution >= 0.6 is 0 Å². The van der Waals surface area contributed by atoms with Gasteiger partial charge in [0, 0.05) is 0 Å². The number of anilines is 1. The van der Waals surface area contributed by atoms with Gasteiger partial charge in [-0.15, -0.1) is 0 Å². The van der Waals surface area contributed by atoms with Crippen LogP contribution in [0.1, 0.15) is 20.7 Å². The van der Waals surface area contributed by atoms with Crippen molar-refractivity contribution in [2.75, 3.05) is 34.2 Å². The molecule has 0 fully saturated rings. The molecule has 19 heavy (non-hydrogen) atoms. The number of hydrogen-bond acceptors (Lipinski definition) is 7. The number of carbonyl (C=O) groups is 2. The van der Waals surface area contributed by atoms with Crippen molar-refractivity contribution < 1.29 is 28.5 Å². The summed E-state index contributed by atoms with van der Waals surface area (Å²) in [5.41, 5.74) is 5.88.